The normalized spacial score (nSPS) is 21.1. The maximum Gasteiger partial charge on any atom is 0.135 e. The van der Waals surface area contributed by atoms with Crippen LogP contribution in [0.15, 0.2) is 28.7 Å². The van der Waals surface area contributed by atoms with E-state index in [1.54, 1.807) is 0 Å². The lowest BCUT2D eigenvalue weighted by molar-refractivity contribution is -0.915. The van der Waals surface area contributed by atoms with Crippen molar-refractivity contribution >= 4 is 15.9 Å². The van der Waals surface area contributed by atoms with Gasteiger partial charge in [0, 0.05) is 4.47 Å². The summed E-state index contributed by atoms with van der Waals surface area (Å²) in [4.78, 5) is 1.41. The van der Waals surface area contributed by atoms with Gasteiger partial charge in [-0.1, -0.05) is 28.1 Å². The minimum absolute atomic E-state index is 0.734. The summed E-state index contributed by atoms with van der Waals surface area (Å²) in [5, 5.41) is 10.6. The van der Waals surface area contributed by atoms with E-state index in [-0.39, 0.29) is 0 Å². The van der Waals surface area contributed by atoms with E-state index in [1.807, 2.05) is 31.2 Å². The van der Waals surface area contributed by atoms with Crippen LogP contribution in [0.1, 0.15) is 12.5 Å². The predicted molar refractivity (Wildman–Crippen MR) is 70.1 cm³/mol. The van der Waals surface area contributed by atoms with Gasteiger partial charge in [0.25, 0.3) is 0 Å². The lowest BCUT2D eigenvalue weighted by atomic mass is 9.95. The molecule has 1 aliphatic heterocycles. The van der Waals surface area contributed by atoms with Gasteiger partial charge in [0.05, 0.1) is 13.2 Å². The minimum Gasteiger partial charge on any atom is -0.380 e. The van der Waals surface area contributed by atoms with Crippen LogP contribution in [0.3, 0.4) is 0 Å². The van der Waals surface area contributed by atoms with Crippen LogP contribution in [0.25, 0.3) is 0 Å². The zero-order chi connectivity index (χ0) is 12.3. The van der Waals surface area contributed by atoms with Gasteiger partial charge in [0.2, 0.25) is 0 Å². The van der Waals surface area contributed by atoms with Gasteiger partial charge in [-0.25, -0.2) is 0 Å². The number of aliphatic hydroxyl groups is 1. The van der Waals surface area contributed by atoms with Gasteiger partial charge >= 0.3 is 0 Å². The first kappa shape index (κ1) is 13.0. The van der Waals surface area contributed by atoms with Crippen molar-refractivity contribution in [3.63, 3.8) is 0 Å². The first-order valence-corrected chi connectivity index (χ1v) is 6.77. The second kappa shape index (κ2) is 5.48. The molecule has 0 unspecified atom stereocenters. The van der Waals surface area contributed by atoms with E-state index < -0.39 is 5.60 Å². The second-order valence-electron chi connectivity index (χ2n) is 4.82. The van der Waals surface area contributed by atoms with Crippen molar-refractivity contribution in [2.45, 2.75) is 12.5 Å². The Bertz CT molecular complexity index is 358. The number of halogens is 1. The molecular weight excluding hydrogens is 282 g/mol. The molecule has 0 radical (unpaired) electrons. The third-order valence-electron chi connectivity index (χ3n) is 3.26. The maximum atomic E-state index is 10.6. The predicted octanol–water partition coefficient (Wildman–Crippen LogP) is 0.572. The van der Waals surface area contributed by atoms with Crippen LogP contribution in [0.4, 0.5) is 0 Å². The molecular formula is C13H19BrNO2+. The number of morpholine rings is 1. The summed E-state index contributed by atoms with van der Waals surface area (Å²) < 4.78 is 6.36. The Labute approximate surface area is 111 Å². The molecule has 17 heavy (non-hydrogen) atoms. The zero-order valence-corrected chi connectivity index (χ0v) is 11.7. The molecule has 1 aliphatic rings. The first-order chi connectivity index (χ1) is 8.08. The molecule has 3 nitrogen and oxygen atoms in total. The molecule has 0 saturated carbocycles. The van der Waals surface area contributed by atoms with Crippen LogP contribution >= 0.6 is 15.9 Å². The topological polar surface area (TPSA) is 33.9 Å². The molecule has 0 aliphatic carbocycles. The number of hydrogen-bond acceptors (Lipinski definition) is 2. The fraction of sp³-hybridized carbons (Fsp3) is 0.538. The summed E-state index contributed by atoms with van der Waals surface area (Å²) in [5.74, 6) is 0. The molecule has 1 aromatic carbocycles. The summed E-state index contributed by atoms with van der Waals surface area (Å²) in [6, 6.07) is 7.89. The molecule has 1 saturated heterocycles. The number of ether oxygens (including phenoxy) is 1. The number of benzene rings is 1. The minimum atomic E-state index is -0.770. The molecule has 0 aromatic heterocycles. The van der Waals surface area contributed by atoms with E-state index in [0.717, 1.165) is 42.9 Å². The van der Waals surface area contributed by atoms with Crippen molar-refractivity contribution in [3.05, 3.63) is 34.3 Å². The molecule has 1 atom stereocenters. The molecule has 0 spiro atoms. The third kappa shape index (κ3) is 3.52. The highest BCUT2D eigenvalue weighted by molar-refractivity contribution is 9.10. The highest BCUT2D eigenvalue weighted by atomic mass is 79.9. The average molecular weight is 301 g/mol. The van der Waals surface area contributed by atoms with Crippen molar-refractivity contribution in [2.75, 3.05) is 32.8 Å². The van der Waals surface area contributed by atoms with Gasteiger partial charge in [-0.15, -0.1) is 0 Å². The Morgan fingerprint density at radius 3 is 2.47 bits per heavy atom. The van der Waals surface area contributed by atoms with Crippen molar-refractivity contribution < 1.29 is 14.7 Å². The second-order valence-corrected chi connectivity index (χ2v) is 5.74. The monoisotopic (exact) mass is 300 g/mol. The van der Waals surface area contributed by atoms with E-state index in [9.17, 15) is 5.11 Å². The number of rotatable bonds is 3. The molecule has 1 fully saturated rings. The van der Waals surface area contributed by atoms with Crippen LogP contribution in [0.5, 0.6) is 0 Å². The number of hydrogen-bond donors (Lipinski definition) is 2. The van der Waals surface area contributed by atoms with E-state index >= 15 is 0 Å². The molecule has 0 amide bonds. The van der Waals surface area contributed by atoms with Crippen molar-refractivity contribution in [3.8, 4) is 0 Å². The number of quaternary nitrogens is 1. The third-order valence-corrected chi connectivity index (χ3v) is 3.79. The van der Waals surface area contributed by atoms with Crippen LogP contribution in [0.2, 0.25) is 0 Å². The average Bonchev–Trinajstić information content (AvgIpc) is 2.30. The van der Waals surface area contributed by atoms with E-state index in [2.05, 4.69) is 15.9 Å². The SMILES string of the molecule is C[C@@](O)(C[NH+]1CCOCC1)c1ccc(Br)cc1. The summed E-state index contributed by atoms with van der Waals surface area (Å²) in [6.45, 7) is 6.17. The van der Waals surface area contributed by atoms with Gasteiger partial charge in [0.15, 0.2) is 0 Å². The molecule has 94 valence electrons. The van der Waals surface area contributed by atoms with Crippen molar-refractivity contribution in [1.29, 1.82) is 0 Å². The van der Waals surface area contributed by atoms with E-state index in [0.29, 0.717) is 0 Å². The van der Waals surface area contributed by atoms with Gasteiger partial charge in [-0.3, -0.25) is 0 Å². The smallest absolute Gasteiger partial charge is 0.135 e. The summed E-state index contributed by atoms with van der Waals surface area (Å²) in [6.07, 6.45) is 0. The molecule has 4 heteroatoms. The lowest BCUT2D eigenvalue weighted by Gasteiger charge is -2.31. The molecule has 2 rings (SSSR count). The molecule has 0 bridgehead atoms. The van der Waals surface area contributed by atoms with Crippen LogP contribution in [0, 0.1) is 0 Å². The zero-order valence-electron chi connectivity index (χ0n) is 10.1. The van der Waals surface area contributed by atoms with Gasteiger partial charge < -0.3 is 14.7 Å². The van der Waals surface area contributed by atoms with Crippen molar-refractivity contribution in [1.82, 2.24) is 0 Å². The summed E-state index contributed by atoms with van der Waals surface area (Å²) in [5.41, 5.74) is 0.201. The lowest BCUT2D eigenvalue weighted by Crippen LogP contribution is -3.15. The molecule has 2 N–H and O–H groups in total. The van der Waals surface area contributed by atoms with E-state index in [1.165, 1.54) is 4.90 Å². The summed E-state index contributed by atoms with van der Waals surface area (Å²) in [7, 11) is 0. The van der Waals surface area contributed by atoms with Gasteiger partial charge in [-0.2, -0.15) is 0 Å². The Hall–Kier alpha value is -0.420. The van der Waals surface area contributed by atoms with Gasteiger partial charge in [0.1, 0.15) is 25.2 Å². The molecule has 1 aromatic rings. The highest BCUT2D eigenvalue weighted by Gasteiger charge is 2.29. The first-order valence-electron chi connectivity index (χ1n) is 5.98. The largest absolute Gasteiger partial charge is 0.380 e. The molecule has 1 heterocycles. The van der Waals surface area contributed by atoms with E-state index in [4.69, 9.17) is 4.74 Å². The standard InChI is InChI=1S/C13H18BrNO2/c1-13(16,10-15-6-8-17-9-7-15)11-2-4-12(14)5-3-11/h2-5,16H,6-10H2,1H3/p+1/t13-/m1/s1. The van der Waals surface area contributed by atoms with Crippen LogP contribution in [-0.2, 0) is 10.3 Å². The fourth-order valence-electron chi connectivity index (χ4n) is 2.23. The Kier molecular flexibility index (Phi) is 4.20. The Morgan fingerprint density at radius 2 is 1.88 bits per heavy atom. The quantitative estimate of drug-likeness (QED) is 0.856. The maximum absolute atomic E-state index is 10.6. The number of nitrogens with one attached hydrogen (secondary N) is 1. The fourth-order valence-corrected chi connectivity index (χ4v) is 2.50. The Morgan fingerprint density at radius 1 is 1.29 bits per heavy atom. The van der Waals surface area contributed by atoms with Crippen molar-refractivity contribution in [2.24, 2.45) is 0 Å². The Balaban J connectivity index is 2.04. The highest BCUT2D eigenvalue weighted by Crippen LogP contribution is 2.21. The van der Waals surface area contributed by atoms with Gasteiger partial charge in [-0.05, 0) is 24.6 Å². The van der Waals surface area contributed by atoms with Crippen LogP contribution in [-0.4, -0.2) is 38.0 Å². The summed E-state index contributed by atoms with van der Waals surface area (Å²) >= 11 is 3.41. The van der Waals surface area contributed by atoms with Crippen LogP contribution < -0.4 is 4.90 Å².